The number of aromatic amines is 2. The van der Waals surface area contributed by atoms with Crippen LogP contribution in [-0.4, -0.2) is 70.2 Å². The predicted molar refractivity (Wildman–Crippen MR) is 300 cm³/mol. The van der Waals surface area contributed by atoms with Gasteiger partial charge in [0.25, 0.3) is 0 Å². The number of hydrogen-bond acceptors (Lipinski definition) is 10. The fourth-order valence-electron chi connectivity index (χ4n) is 9.87. The highest BCUT2D eigenvalue weighted by Gasteiger charge is 2.21. The molecular weight excluding hydrogens is 953 g/mol. The smallest absolute Gasteiger partial charge is 0.306 e. The Morgan fingerprint density at radius 1 is 0.355 bits per heavy atom. The van der Waals surface area contributed by atoms with Gasteiger partial charge in [0.1, 0.15) is 0 Å². The molecular formula is C64H62N4O8. The highest BCUT2D eigenvalue weighted by Crippen LogP contribution is 2.39. The van der Waals surface area contributed by atoms with Gasteiger partial charge in [0, 0.05) is 70.0 Å². The van der Waals surface area contributed by atoms with Gasteiger partial charge in [-0.15, -0.1) is 0 Å². The second kappa shape index (κ2) is 24.6. The maximum absolute atomic E-state index is 12.5. The number of rotatable bonds is 20. The van der Waals surface area contributed by atoms with Crippen molar-refractivity contribution in [3.05, 3.63) is 166 Å². The van der Waals surface area contributed by atoms with E-state index < -0.39 is 0 Å². The Morgan fingerprint density at radius 2 is 0.592 bits per heavy atom. The molecule has 5 heterocycles. The van der Waals surface area contributed by atoms with E-state index in [0.717, 1.165) is 112 Å². The van der Waals surface area contributed by atoms with Gasteiger partial charge in [-0.25, -0.2) is 9.97 Å². The Bertz CT molecular complexity index is 3090. The first kappa shape index (κ1) is 52.2. The molecule has 0 unspecified atom stereocenters. The Morgan fingerprint density at radius 3 is 0.816 bits per heavy atom. The third-order valence-electron chi connectivity index (χ3n) is 13.3. The van der Waals surface area contributed by atoms with Gasteiger partial charge in [-0.05, 0) is 146 Å². The molecule has 0 saturated heterocycles. The number of aryl methyl sites for hydroxylation is 4. The molecule has 12 nitrogen and oxygen atoms in total. The molecule has 0 amide bonds. The number of benzene rings is 4. The second-order valence-corrected chi connectivity index (χ2v) is 18.5. The second-order valence-electron chi connectivity index (χ2n) is 18.5. The van der Waals surface area contributed by atoms with Crippen LogP contribution in [0.1, 0.15) is 98.4 Å². The van der Waals surface area contributed by atoms with Crippen LogP contribution in [0.2, 0.25) is 0 Å². The fraction of sp³-hybridized carbons (Fsp3) is 0.250. The zero-order valence-electron chi connectivity index (χ0n) is 43.5. The van der Waals surface area contributed by atoms with Crippen LogP contribution in [0.15, 0.2) is 121 Å². The zero-order valence-corrected chi connectivity index (χ0v) is 43.5. The molecule has 0 radical (unpaired) electrons. The van der Waals surface area contributed by atoms with E-state index in [1.807, 2.05) is 101 Å². The van der Waals surface area contributed by atoms with E-state index in [1.165, 1.54) is 0 Å². The van der Waals surface area contributed by atoms with Crippen LogP contribution in [0.3, 0.4) is 0 Å². The topological polar surface area (TPSA) is 163 Å². The summed E-state index contributed by atoms with van der Waals surface area (Å²) in [5.74, 6) is -0.986. The lowest BCUT2D eigenvalue weighted by molar-refractivity contribution is -0.144. The maximum atomic E-state index is 12.5. The first-order valence-corrected chi connectivity index (χ1v) is 26.3. The van der Waals surface area contributed by atoms with Gasteiger partial charge in [-0.3, -0.25) is 19.2 Å². The molecule has 4 aromatic carbocycles. The van der Waals surface area contributed by atoms with E-state index in [2.05, 4.69) is 82.8 Å². The van der Waals surface area contributed by atoms with Crippen molar-refractivity contribution in [1.82, 2.24) is 19.9 Å². The molecule has 7 aromatic rings. The van der Waals surface area contributed by atoms with Gasteiger partial charge in [-0.1, -0.05) is 97.1 Å². The number of nitrogens with one attached hydrogen (secondary N) is 2. The monoisotopic (exact) mass is 1010 g/mol. The molecule has 3 aromatic heterocycles. The molecule has 0 atom stereocenters. The number of H-pyrrole nitrogens is 2. The summed E-state index contributed by atoms with van der Waals surface area (Å²) < 4.78 is 21.1. The lowest BCUT2D eigenvalue weighted by Crippen LogP contribution is -2.05. The molecule has 0 spiro atoms. The van der Waals surface area contributed by atoms with E-state index in [9.17, 15) is 19.2 Å². The van der Waals surface area contributed by atoms with Gasteiger partial charge < -0.3 is 28.9 Å². The maximum Gasteiger partial charge on any atom is 0.306 e. The van der Waals surface area contributed by atoms with E-state index in [0.29, 0.717) is 52.1 Å². The van der Waals surface area contributed by atoms with Crippen molar-refractivity contribution in [1.29, 1.82) is 0 Å². The molecule has 2 aliphatic heterocycles. The minimum atomic E-state index is -0.247. The standard InChI is InChI=1S/C64H62N4O8/c1-5-73-57(69)33-21-41-13-9-17-45(37-41)61-49-25-27-51(65-49)62(46-18-10-14-42(38-46)22-34-58(70)74-6-2)53-29-31-55(67-53)64(48-20-12-16-44(40-48)24-36-60(72)76-8-4)56-32-30-54(68-56)63(52-28-26-50(61)66-52)47-19-11-15-43(39-47)23-35-59(71)75-7-3/h9-20,25-32,37-40,65,68H,5-8,21-24,33-36H2,1-4H3. The molecule has 0 fully saturated rings. The molecule has 2 N–H and O–H groups in total. The average molecular weight is 1020 g/mol. The summed E-state index contributed by atoms with van der Waals surface area (Å²) in [4.78, 5) is 68.9. The summed E-state index contributed by atoms with van der Waals surface area (Å²) in [5.41, 5.74) is 17.1. The SMILES string of the molecule is CCOC(=O)CCc1cccc(-c2c3nc(c(-c4cccc(CCC(=O)OCC)c4)c4ccc([nH]4)c(-c4cccc(CCC(=O)OCC)c4)c4nc(c(-c5cccc(CCC(=O)OCC)c5)c5ccc2[nH]5)C=C4)C=C3)c1. The van der Waals surface area contributed by atoms with E-state index in [-0.39, 0.29) is 49.6 Å². The van der Waals surface area contributed by atoms with Gasteiger partial charge in [0.05, 0.1) is 49.2 Å². The van der Waals surface area contributed by atoms with Crippen LogP contribution in [0.25, 0.3) is 90.9 Å². The lowest BCUT2D eigenvalue weighted by atomic mass is 9.99. The van der Waals surface area contributed by atoms with Crippen LogP contribution in [0.5, 0.6) is 0 Å². The first-order chi connectivity index (χ1) is 37.1. The van der Waals surface area contributed by atoms with Crippen molar-refractivity contribution in [2.45, 2.75) is 79.1 Å². The molecule has 76 heavy (non-hydrogen) atoms. The molecule has 0 saturated carbocycles. The number of aromatic nitrogens is 4. The summed E-state index contributed by atoms with van der Waals surface area (Å²) in [6.07, 6.45) is 11.2. The molecule has 0 aliphatic carbocycles. The number of nitrogens with zero attached hydrogens (tertiary/aromatic N) is 2. The van der Waals surface area contributed by atoms with Crippen LogP contribution in [-0.2, 0) is 63.8 Å². The van der Waals surface area contributed by atoms with Crippen molar-refractivity contribution in [2.75, 3.05) is 26.4 Å². The highest BCUT2D eigenvalue weighted by atomic mass is 16.5. The van der Waals surface area contributed by atoms with Gasteiger partial charge in [-0.2, -0.15) is 0 Å². The van der Waals surface area contributed by atoms with Crippen molar-refractivity contribution in [2.24, 2.45) is 0 Å². The van der Waals surface area contributed by atoms with E-state index >= 15 is 0 Å². The molecule has 386 valence electrons. The quantitative estimate of drug-likeness (QED) is 0.0555. The van der Waals surface area contributed by atoms with Crippen LogP contribution < -0.4 is 0 Å². The Balaban J connectivity index is 1.33. The van der Waals surface area contributed by atoms with Crippen molar-refractivity contribution < 1.29 is 38.1 Å². The number of ether oxygens (including phenoxy) is 4. The highest BCUT2D eigenvalue weighted by molar-refractivity contribution is 6.00. The Hall–Kier alpha value is -8.64. The average Bonchev–Trinajstić information content (AvgIpc) is 4.29. The number of carbonyl (C=O) groups is 4. The molecule has 12 heteroatoms. The van der Waals surface area contributed by atoms with Crippen molar-refractivity contribution in [3.63, 3.8) is 0 Å². The Kier molecular flexibility index (Phi) is 16.9. The summed E-state index contributed by atoms with van der Waals surface area (Å²) in [6, 6.07) is 41.1. The fourth-order valence-corrected chi connectivity index (χ4v) is 9.87. The Labute approximate surface area is 442 Å². The van der Waals surface area contributed by atoms with Crippen LogP contribution in [0.4, 0.5) is 0 Å². The summed E-state index contributed by atoms with van der Waals surface area (Å²) in [7, 11) is 0. The summed E-state index contributed by atoms with van der Waals surface area (Å²) in [6.45, 7) is 8.53. The zero-order chi connectivity index (χ0) is 53.0. The number of esters is 4. The van der Waals surface area contributed by atoms with Crippen molar-refractivity contribution in [3.8, 4) is 44.5 Å². The molecule has 8 bridgehead atoms. The van der Waals surface area contributed by atoms with E-state index in [1.54, 1.807) is 0 Å². The minimum absolute atomic E-state index is 0.247. The van der Waals surface area contributed by atoms with Crippen LogP contribution >= 0.6 is 0 Å². The van der Waals surface area contributed by atoms with Gasteiger partial charge in [0.2, 0.25) is 0 Å². The van der Waals surface area contributed by atoms with Crippen molar-refractivity contribution >= 4 is 70.2 Å². The summed E-state index contributed by atoms with van der Waals surface area (Å²) in [5, 5.41) is 0. The number of fused-ring (bicyclic) bond motifs is 8. The number of carbonyl (C=O) groups excluding carboxylic acids is 4. The normalized spacial score (nSPS) is 11.6. The molecule has 2 aliphatic rings. The molecule has 9 rings (SSSR count). The van der Waals surface area contributed by atoms with Crippen LogP contribution in [0, 0.1) is 0 Å². The van der Waals surface area contributed by atoms with Gasteiger partial charge in [0.15, 0.2) is 0 Å². The van der Waals surface area contributed by atoms with Gasteiger partial charge >= 0.3 is 23.9 Å². The summed E-state index contributed by atoms with van der Waals surface area (Å²) >= 11 is 0. The first-order valence-electron chi connectivity index (χ1n) is 26.3. The third kappa shape index (κ3) is 12.5. The lowest BCUT2D eigenvalue weighted by Gasteiger charge is -2.10. The van der Waals surface area contributed by atoms with E-state index in [4.69, 9.17) is 28.9 Å². The third-order valence-corrected chi connectivity index (χ3v) is 13.3. The largest absolute Gasteiger partial charge is 0.466 e. The minimum Gasteiger partial charge on any atom is -0.466 e. The predicted octanol–water partition coefficient (Wildman–Crippen LogP) is 13.3. The number of hydrogen-bond donors (Lipinski definition) is 2.